The van der Waals surface area contributed by atoms with Gasteiger partial charge in [-0.2, -0.15) is 5.10 Å². The molecule has 0 unspecified atom stereocenters. The van der Waals surface area contributed by atoms with Crippen molar-refractivity contribution in [3.05, 3.63) is 63.9 Å². The number of aromatic nitrogens is 5. The fourth-order valence-corrected chi connectivity index (χ4v) is 7.46. The summed E-state index contributed by atoms with van der Waals surface area (Å²) in [6.07, 6.45) is 9.68. The lowest BCUT2D eigenvalue weighted by Gasteiger charge is -2.26. The predicted molar refractivity (Wildman–Crippen MR) is 203 cm³/mol. The number of carbonyl (C=O) groups excluding carboxylic acids is 4. The van der Waals surface area contributed by atoms with Crippen LogP contribution in [-0.2, 0) is 27.3 Å². The monoisotopic (exact) mass is 770 g/mol. The number of ketones is 1. The van der Waals surface area contributed by atoms with E-state index in [0.717, 1.165) is 66.3 Å². The largest absolute Gasteiger partial charge is 0.355 e. The fraction of sp³-hybridized carbons (Fsp3) is 0.487. The number of amides is 3. The minimum Gasteiger partial charge on any atom is -0.355 e. The first-order chi connectivity index (χ1) is 24.9. The summed E-state index contributed by atoms with van der Waals surface area (Å²) in [4.78, 5) is 69.1. The lowest BCUT2D eigenvalue weighted by Crippen LogP contribution is -2.45. The molecule has 274 valence electrons. The van der Waals surface area contributed by atoms with Crippen molar-refractivity contribution in [1.29, 1.82) is 0 Å². The van der Waals surface area contributed by atoms with Gasteiger partial charge < -0.3 is 15.5 Å². The summed E-state index contributed by atoms with van der Waals surface area (Å²) in [7, 11) is 0. The molecule has 1 aliphatic heterocycles. The highest BCUT2D eigenvalue weighted by Crippen LogP contribution is 2.44. The zero-order valence-electron chi connectivity index (χ0n) is 30.6. The number of hydrogen-bond acceptors (Lipinski definition) is 8. The molecule has 2 fully saturated rings. The summed E-state index contributed by atoms with van der Waals surface area (Å²) in [5, 5.41) is 11.5. The molecular weight excluding hydrogens is 724 g/mol. The molecule has 1 saturated heterocycles. The third-order valence-electron chi connectivity index (χ3n) is 10.0. The van der Waals surface area contributed by atoms with Crippen LogP contribution in [0.5, 0.6) is 0 Å². The summed E-state index contributed by atoms with van der Waals surface area (Å²) >= 11 is 3.44. The van der Waals surface area contributed by atoms with Gasteiger partial charge in [-0.05, 0) is 102 Å². The van der Waals surface area contributed by atoms with Crippen LogP contribution in [0.15, 0.2) is 41.3 Å². The third kappa shape index (κ3) is 8.24. The number of rotatable bonds is 14. The molecule has 52 heavy (non-hydrogen) atoms. The van der Waals surface area contributed by atoms with E-state index in [9.17, 15) is 19.2 Å². The Bertz CT molecular complexity index is 2010. The first kappa shape index (κ1) is 37.2. The SMILES string of the molecule is CCCCc1cc(-c2cnc(C)nc2)cc2c(C(C)=O)nn(CC(=O)N3C[C@](C)(CNC(=O)CCC)C[C@H]3C(=O)Nc3nc(Br)ccc3C3CC3)c12. The molecule has 12 nitrogen and oxygen atoms in total. The number of anilines is 1. The molecule has 0 radical (unpaired) electrons. The van der Waals surface area contributed by atoms with Crippen LogP contribution in [0.25, 0.3) is 22.0 Å². The molecule has 3 amide bonds. The number of likely N-dealkylation sites (tertiary alicyclic amines) is 1. The van der Waals surface area contributed by atoms with Crippen molar-refractivity contribution >= 4 is 56.2 Å². The van der Waals surface area contributed by atoms with Crippen molar-refractivity contribution in [2.45, 2.75) is 104 Å². The van der Waals surface area contributed by atoms with Gasteiger partial charge in [0.15, 0.2) is 5.78 Å². The quantitative estimate of drug-likeness (QED) is 0.108. The first-order valence-corrected chi connectivity index (χ1v) is 19.1. The van der Waals surface area contributed by atoms with Crippen molar-refractivity contribution in [3.8, 4) is 11.1 Å². The average molecular weight is 772 g/mol. The van der Waals surface area contributed by atoms with Crippen LogP contribution in [0.3, 0.4) is 0 Å². The van der Waals surface area contributed by atoms with Gasteiger partial charge in [0.2, 0.25) is 17.7 Å². The van der Waals surface area contributed by atoms with Crippen molar-refractivity contribution in [1.82, 2.24) is 34.9 Å². The molecule has 0 bridgehead atoms. The predicted octanol–water partition coefficient (Wildman–Crippen LogP) is 6.54. The van der Waals surface area contributed by atoms with Crippen molar-refractivity contribution in [2.24, 2.45) is 5.41 Å². The van der Waals surface area contributed by atoms with Gasteiger partial charge in [-0.3, -0.25) is 23.9 Å². The summed E-state index contributed by atoms with van der Waals surface area (Å²) in [6.45, 7) is 9.80. The van der Waals surface area contributed by atoms with Gasteiger partial charge in [0.25, 0.3) is 0 Å². The van der Waals surface area contributed by atoms with Crippen molar-refractivity contribution in [3.63, 3.8) is 0 Å². The second-order valence-corrected chi connectivity index (χ2v) is 15.4. The Morgan fingerprint density at radius 3 is 2.46 bits per heavy atom. The average Bonchev–Trinajstić information content (AvgIpc) is 3.79. The Hall–Kier alpha value is -4.52. The molecule has 4 heterocycles. The Morgan fingerprint density at radius 1 is 1.04 bits per heavy atom. The van der Waals surface area contributed by atoms with Gasteiger partial charge in [0, 0.05) is 55.2 Å². The number of hydrogen-bond donors (Lipinski definition) is 2. The molecule has 1 aromatic carbocycles. The molecule has 0 spiro atoms. The van der Waals surface area contributed by atoms with Gasteiger partial charge >= 0.3 is 0 Å². The molecule has 13 heteroatoms. The van der Waals surface area contributed by atoms with Crippen LogP contribution >= 0.6 is 15.9 Å². The van der Waals surface area contributed by atoms with Crippen molar-refractivity contribution in [2.75, 3.05) is 18.4 Å². The van der Waals surface area contributed by atoms with Crippen LogP contribution in [-0.4, -0.2) is 72.3 Å². The van der Waals surface area contributed by atoms with Crippen LogP contribution in [0, 0.1) is 12.3 Å². The van der Waals surface area contributed by atoms with Gasteiger partial charge in [-0.1, -0.05) is 33.3 Å². The van der Waals surface area contributed by atoms with Crippen LogP contribution in [0.1, 0.15) is 106 Å². The van der Waals surface area contributed by atoms with Gasteiger partial charge in [-0.15, -0.1) is 0 Å². The zero-order valence-corrected chi connectivity index (χ0v) is 32.2. The maximum absolute atomic E-state index is 14.5. The minimum absolute atomic E-state index is 0.0575. The lowest BCUT2D eigenvalue weighted by molar-refractivity contribution is -0.137. The number of fused-ring (bicyclic) bond motifs is 1. The highest BCUT2D eigenvalue weighted by atomic mass is 79.9. The topological polar surface area (TPSA) is 152 Å². The molecule has 6 rings (SSSR count). The summed E-state index contributed by atoms with van der Waals surface area (Å²) in [6, 6.07) is 7.05. The van der Waals surface area contributed by atoms with Gasteiger partial charge in [0.1, 0.15) is 34.5 Å². The van der Waals surface area contributed by atoms with Crippen LogP contribution < -0.4 is 10.6 Å². The third-order valence-corrected chi connectivity index (χ3v) is 10.5. The van der Waals surface area contributed by atoms with E-state index < -0.39 is 11.5 Å². The van der Waals surface area contributed by atoms with Crippen molar-refractivity contribution < 1.29 is 19.2 Å². The number of Topliss-reactive ketones (excluding diaryl/α,β-unsaturated/α-hetero) is 1. The molecule has 2 aliphatic rings. The summed E-state index contributed by atoms with van der Waals surface area (Å²) in [5.74, 6) is 0.614. The highest BCUT2D eigenvalue weighted by Gasteiger charge is 2.46. The molecule has 1 saturated carbocycles. The number of halogens is 1. The number of benzene rings is 1. The van der Waals surface area contributed by atoms with E-state index in [0.29, 0.717) is 46.9 Å². The summed E-state index contributed by atoms with van der Waals surface area (Å²) in [5.41, 5.74) is 4.10. The second kappa shape index (κ2) is 15.6. The Morgan fingerprint density at radius 2 is 1.79 bits per heavy atom. The molecule has 4 aromatic rings. The number of unbranched alkanes of at least 4 members (excludes halogenated alkanes) is 1. The molecule has 2 atom stereocenters. The fourth-order valence-electron chi connectivity index (χ4n) is 7.15. The number of aryl methyl sites for hydroxylation is 2. The maximum Gasteiger partial charge on any atom is 0.248 e. The smallest absolute Gasteiger partial charge is 0.248 e. The van der Waals surface area contributed by atoms with E-state index in [2.05, 4.69) is 54.5 Å². The first-order valence-electron chi connectivity index (χ1n) is 18.3. The van der Waals surface area contributed by atoms with Crippen LogP contribution in [0.2, 0.25) is 0 Å². The van der Waals surface area contributed by atoms with E-state index in [4.69, 9.17) is 5.10 Å². The molecule has 2 N–H and O–H groups in total. The van der Waals surface area contributed by atoms with Gasteiger partial charge in [0.05, 0.1) is 5.52 Å². The highest BCUT2D eigenvalue weighted by molar-refractivity contribution is 9.10. The normalized spacial score (nSPS) is 18.5. The molecular formula is C39H47BrN8O4. The second-order valence-electron chi connectivity index (χ2n) is 14.6. The molecule has 1 aliphatic carbocycles. The number of pyridine rings is 1. The lowest BCUT2D eigenvalue weighted by atomic mass is 9.87. The van der Waals surface area contributed by atoms with E-state index >= 15 is 0 Å². The minimum atomic E-state index is -0.810. The maximum atomic E-state index is 14.5. The van der Waals surface area contributed by atoms with Gasteiger partial charge in [-0.25, -0.2) is 15.0 Å². The standard InChI is InChI=1S/C39H47BrN8O4/c1-6-8-10-26-15-27(28-18-41-24(4)42-19-28)16-30-35(23(3)49)46-48(36(26)30)20-34(51)47-22-39(5,21-43-33(50)9-7-2)17-31(47)38(52)45-37-29(25-11-12-25)13-14-32(40)44-37/h13-16,18-19,25,31H,6-12,17,20-22H2,1-5H3,(H,43,50)(H,44,45,52)/t31-,39-/m0/s1. The number of nitrogens with zero attached hydrogens (tertiary/aromatic N) is 6. The Kier molecular flexibility index (Phi) is 11.2. The van der Waals surface area contributed by atoms with E-state index in [1.807, 2.05) is 39.0 Å². The number of nitrogens with one attached hydrogen (secondary N) is 2. The van der Waals surface area contributed by atoms with E-state index in [-0.39, 0.29) is 42.3 Å². The summed E-state index contributed by atoms with van der Waals surface area (Å²) < 4.78 is 2.24. The Labute approximate surface area is 312 Å². The molecule has 3 aromatic heterocycles. The van der Waals surface area contributed by atoms with E-state index in [1.165, 1.54) is 6.92 Å². The number of carbonyl (C=O) groups is 4. The van der Waals surface area contributed by atoms with E-state index in [1.54, 1.807) is 22.0 Å². The van der Waals surface area contributed by atoms with Crippen LogP contribution in [0.4, 0.5) is 5.82 Å². The Balaban J connectivity index is 1.35. The zero-order chi connectivity index (χ0) is 37.2.